The Morgan fingerprint density at radius 3 is 2.44 bits per heavy atom. The SMILES string of the molecule is CCCc1cccc(C(=O)c2ccc(I)cc2)c1. The Labute approximate surface area is 121 Å². The molecule has 2 rings (SSSR count). The Bertz CT molecular complexity index is 543. The van der Waals surface area contributed by atoms with Crippen LogP contribution in [-0.2, 0) is 6.42 Å². The molecule has 0 spiro atoms. The topological polar surface area (TPSA) is 17.1 Å². The van der Waals surface area contributed by atoms with Crippen molar-refractivity contribution in [2.45, 2.75) is 19.8 Å². The summed E-state index contributed by atoms with van der Waals surface area (Å²) in [6.45, 7) is 2.15. The third kappa shape index (κ3) is 3.19. The summed E-state index contributed by atoms with van der Waals surface area (Å²) in [6, 6.07) is 15.6. The van der Waals surface area contributed by atoms with Crippen LogP contribution in [0.1, 0.15) is 34.8 Å². The van der Waals surface area contributed by atoms with Gasteiger partial charge in [-0.15, -0.1) is 0 Å². The molecule has 18 heavy (non-hydrogen) atoms. The Hall–Kier alpha value is -1.16. The van der Waals surface area contributed by atoms with Gasteiger partial charge in [-0.2, -0.15) is 0 Å². The zero-order chi connectivity index (χ0) is 13.0. The van der Waals surface area contributed by atoms with E-state index in [4.69, 9.17) is 0 Å². The molecule has 0 aromatic heterocycles. The van der Waals surface area contributed by atoms with Crippen molar-refractivity contribution in [1.29, 1.82) is 0 Å². The number of benzene rings is 2. The molecule has 0 atom stereocenters. The smallest absolute Gasteiger partial charge is 0.193 e. The number of hydrogen-bond acceptors (Lipinski definition) is 1. The third-order valence-corrected chi connectivity index (χ3v) is 3.55. The Kier molecular flexibility index (Phi) is 4.53. The Morgan fingerprint density at radius 1 is 1.06 bits per heavy atom. The number of aryl methyl sites for hydroxylation is 1. The second-order valence-corrected chi connectivity index (χ2v) is 5.53. The van der Waals surface area contributed by atoms with Gasteiger partial charge in [0.15, 0.2) is 5.78 Å². The predicted octanol–water partition coefficient (Wildman–Crippen LogP) is 4.47. The minimum absolute atomic E-state index is 0.101. The first-order chi connectivity index (χ1) is 8.70. The molecule has 0 heterocycles. The molecule has 0 aliphatic carbocycles. The second-order valence-electron chi connectivity index (χ2n) is 4.29. The maximum absolute atomic E-state index is 12.3. The zero-order valence-corrected chi connectivity index (χ0v) is 12.5. The van der Waals surface area contributed by atoms with Gasteiger partial charge in [-0.05, 0) is 64.9 Å². The van der Waals surface area contributed by atoms with Gasteiger partial charge in [-0.3, -0.25) is 4.79 Å². The van der Waals surface area contributed by atoms with Crippen LogP contribution in [0, 0.1) is 3.57 Å². The highest BCUT2D eigenvalue weighted by Crippen LogP contribution is 2.14. The van der Waals surface area contributed by atoms with Gasteiger partial charge < -0.3 is 0 Å². The molecule has 0 aliphatic heterocycles. The summed E-state index contributed by atoms with van der Waals surface area (Å²) in [4.78, 5) is 12.3. The minimum atomic E-state index is 0.101. The summed E-state index contributed by atoms with van der Waals surface area (Å²) >= 11 is 2.24. The Balaban J connectivity index is 2.28. The number of halogens is 1. The molecule has 0 saturated carbocycles. The van der Waals surface area contributed by atoms with Crippen molar-refractivity contribution in [3.05, 3.63) is 68.8 Å². The minimum Gasteiger partial charge on any atom is -0.289 e. The van der Waals surface area contributed by atoms with Crippen LogP contribution in [0.4, 0.5) is 0 Å². The van der Waals surface area contributed by atoms with E-state index in [-0.39, 0.29) is 5.78 Å². The van der Waals surface area contributed by atoms with Gasteiger partial charge in [-0.1, -0.05) is 31.5 Å². The van der Waals surface area contributed by atoms with Crippen LogP contribution < -0.4 is 0 Å². The van der Waals surface area contributed by atoms with Crippen LogP contribution in [0.25, 0.3) is 0 Å². The molecule has 2 aromatic carbocycles. The van der Waals surface area contributed by atoms with Gasteiger partial charge >= 0.3 is 0 Å². The van der Waals surface area contributed by atoms with Crippen LogP contribution in [-0.4, -0.2) is 5.78 Å². The summed E-state index contributed by atoms with van der Waals surface area (Å²) < 4.78 is 1.14. The average Bonchev–Trinajstić information content (AvgIpc) is 2.39. The van der Waals surface area contributed by atoms with Crippen LogP contribution in [0.5, 0.6) is 0 Å². The molecule has 2 heteroatoms. The van der Waals surface area contributed by atoms with Crippen molar-refractivity contribution in [3.63, 3.8) is 0 Å². The largest absolute Gasteiger partial charge is 0.289 e. The molecule has 1 nitrogen and oxygen atoms in total. The molecule has 0 saturated heterocycles. The maximum atomic E-state index is 12.3. The van der Waals surface area contributed by atoms with Crippen molar-refractivity contribution < 1.29 is 4.79 Å². The molecular formula is C16H15IO. The first-order valence-corrected chi connectivity index (χ1v) is 7.18. The number of hydrogen-bond donors (Lipinski definition) is 0. The Morgan fingerprint density at radius 2 is 1.78 bits per heavy atom. The van der Waals surface area contributed by atoms with Crippen LogP contribution in [0.3, 0.4) is 0 Å². The van der Waals surface area contributed by atoms with Gasteiger partial charge in [0.05, 0.1) is 0 Å². The molecule has 0 radical (unpaired) electrons. The fourth-order valence-corrected chi connectivity index (χ4v) is 2.28. The van der Waals surface area contributed by atoms with E-state index >= 15 is 0 Å². The lowest BCUT2D eigenvalue weighted by molar-refractivity contribution is 0.103. The van der Waals surface area contributed by atoms with E-state index in [0.717, 1.165) is 27.5 Å². The van der Waals surface area contributed by atoms with E-state index in [9.17, 15) is 4.79 Å². The summed E-state index contributed by atoms with van der Waals surface area (Å²) in [6.07, 6.45) is 2.12. The molecule has 0 N–H and O–H groups in total. The average molecular weight is 350 g/mol. The van der Waals surface area contributed by atoms with Crippen LogP contribution >= 0.6 is 22.6 Å². The van der Waals surface area contributed by atoms with Crippen molar-refractivity contribution in [3.8, 4) is 0 Å². The standard InChI is InChI=1S/C16H15IO/c1-2-4-12-5-3-6-14(11-12)16(18)13-7-9-15(17)10-8-13/h3,5-11H,2,4H2,1H3. The van der Waals surface area contributed by atoms with Gasteiger partial charge in [-0.25, -0.2) is 0 Å². The first-order valence-electron chi connectivity index (χ1n) is 6.10. The number of ketones is 1. The first kappa shape index (κ1) is 13.3. The van der Waals surface area contributed by atoms with Crippen molar-refractivity contribution in [2.75, 3.05) is 0 Å². The van der Waals surface area contributed by atoms with E-state index in [1.54, 1.807) is 0 Å². The van der Waals surface area contributed by atoms with Crippen LogP contribution in [0.2, 0.25) is 0 Å². The molecule has 0 fully saturated rings. The quantitative estimate of drug-likeness (QED) is 0.587. The monoisotopic (exact) mass is 350 g/mol. The molecule has 2 aromatic rings. The molecule has 0 amide bonds. The maximum Gasteiger partial charge on any atom is 0.193 e. The van der Waals surface area contributed by atoms with Gasteiger partial charge in [0, 0.05) is 14.7 Å². The van der Waals surface area contributed by atoms with E-state index in [1.165, 1.54) is 5.56 Å². The number of rotatable bonds is 4. The third-order valence-electron chi connectivity index (χ3n) is 2.83. The molecule has 92 valence electrons. The van der Waals surface area contributed by atoms with E-state index < -0.39 is 0 Å². The highest BCUT2D eigenvalue weighted by molar-refractivity contribution is 14.1. The lowest BCUT2D eigenvalue weighted by atomic mass is 10.00. The molecule has 0 unspecified atom stereocenters. The molecular weight excluding hydrogens is 335 g/mol. The summed E-state index contributed by atoms with van der Waals surface area (Å²) in [5.41, 5.74) is 2.76. The number of carbonyl (C=O) groups is 1. The number of carbonyl (C=O) groups excluding carboxylic acids is 1. The van der Waals surface area contributed by atoms with E-state index in [0.29, 0.717) is 0 Å². The van der Waals surface area contributed by atoms with E-state index in [2.05, 4.69) is 35.6 Å². The molecule has 0 aliphatic rings. The van der Waals surface area contributed by atoms with Crippen molar-refractivity contribution >= 4 is 28.4 Å². The molecule has 0 bridgehead atoms. The summed E-state index contributed by atoms with van der Waals surface area (Å²) in [5.74, 6) is 0.101. The highest BCUT2D eigenvalue weighted by atomic mass is 127. The summed E-state index contributed by atoms with van der Waals surface area (Å²) in [7, 11) is 0. The van der Waals surface area contributed by atoms with Gasteiger partial charge in [0.25, 0.3) is 0 Å². The fourth-order valence-electron chi connectivity index (χ4n) is 1.92. The van der Waals surface area contributed by atoms with Gasteiger partial charge in [0.2, 0.25) is 0 Å². The highest BCUT2D eigenvalue weighted by Gasteiger charge is 2.08. The lowest BCUT2D eigenvalue weighted by Crippen LogP contribution is -2.01. The van der Waals surface area contributed by atoms with Crippen LogP contribution in [0.15, 0.2) is 48.5 Å². The second kappa shape index (κ2) is 6.14. The lowest BCUT2D eigenvalue weighted by Gasteiger charge is -2.04. The van der Waals surface area contributed by atoms with Crippen molar-refractivity contribution in [2.24, 2.45) is 0 Å². The van der Waals surface area contributed by atoms with Gasteiger partial charge in [0.1, 0.15) is 0 Å². The predicted molar refractivity (Wildman–Crippen MR) is 83.0 cm³/mol. The summed E-state index contributed by atoms with van der Waals surface area (Å²) in [5, 5.41) is 0. The van der Waals surface area contributed by atoms with Crippen molar-refractivity contribution in [1.82, 2.24) is 0 Å². The normalized spacial score (nSPS) is 10.3. The fraction of sp³-hybridized carbons (Fsp3) is 0.188. The van der Waals surface area contributed by atoms with E-state index in [1.807, 2.05) is 42.5 Å². The zero-order valence-electron chi connectivity index (χ0n) is 10.3.